The Labute approximate surface area is 138 Å². The third-order valence-corrected chi connectivity index (χ3v) is 3.97. The van der Waals surface area contributed by atoms with Crippen LogP contribution < -0.4 is 5.73 Å². The number of hydrogen-bond donors (Lipinski definition) is 1. The second kappa shape index (κ2) is 10.2. The second-order valence-electron chi connectivity index (χ2n) is 5.30. The zero-order chi connectivity index (χ0) is 13.7. The molecule has 0 saturated carbocycles. The van der Waals surface area contributed by atoms with E-state index in [-0.39, 0.29) is 43.2 Å². The molecule has 21 heavy (non-hydrogen) atoms. The molecular formula is C13H26Cl2N4O2. The summed E-state index contributed by atoms with van der Waals surface area (Å²) >= 11 is 0. The Balaban J connectivity index is 0.00000200. The Hall–Kier alpha value is -0.560. The number of nitrogens with zero attached hydrogens (tertiary/aromatic N) is 3. The molecule has 124 valence electrons. The number of hydrogen-bond acceptors (Lipinski definition) is 4. The van der Waals surface area contributed by atoms with Gasteiger partial charge in [0.25, 0.3) is 0 Å². The van der Waals surface area contributed by atoms with E-state index in [0.29, 0.717) is 19.6 Å². The van der Waals surface area contributed by atoms with E-state index in [0.717, 1.165) is 39.0 Å². The Kier molecular flexibility index (Phi) is 9.94. The Bertz CT molecular complexity index is 330. The molecule has 0 radical (unpaired) electrons. The van der Waals surface area contributed by atoms with Gasteiger partial charge in [0, 0.05) is 39.3 Å². The normalized spacial score (nSPS) is 19.5. The summed E-state index contributed by atoms with van der Waals surface area (Å²) in [6.07, 6.45) is 3.50. The maximum atomic E-state index is 12.1. The number of nitrogens with two attached hydrogens (primary N) is 1. The molecule has 0 aromatic carbocycles. The summed E-state index contributed by atoms with van der Waals surface area (Å²) in [5, 5.41) is 0. The lowest BCUT2D eigenvalue weighted by Crippen LogP contribution is -2.53. The van der Waals surface area contributed by atoms with Crippen LogP contribution in [0.2, 0.25) is 0 Å². The van der Waals surface area contributed by atoms with E-state index >= 15 is 0 Å². The van der Waals surface area contributed by atoms with E-state index in [9.17, 15) is 9.59 Å². The van der Waals surface area contributed by atoms with Crippen LogP contribution in [0.5, 0.6) is 0 Å². The van der Waals surface area contributed by atoms with Crippen LogP contribution in [0.4, 0.5) is 0 Å². The van der Waals surface area contributed by atoms with E-state index in [4.69, 9.17) is 5.73 Å². The van der Waals surface area contributed by atoms with E-state index in [1.54, 1.807) is 4.90 Å². The quantitative estimate of drug-likeness (QED) is 0.781. The Morgan fingerprint density at radius 2 is 1.29 bits per heavy atom. The molecule has 0 aromatic heterocycles. The fraction of sp³-hybridized carbons (Fsp3) is 0.846. The van der Waals surface area contributed by atoms with Gasteiger partial charge in [-0.2, -0.15) is 0 Å². The molecule has 0 spiro atoms. The first kappa shape index (κ1) is 20.4. The number of carbonyl (C=O) groups excluding carboxylic acids is 2. The molecular weight excluding hydrogens is 315 g/mol. The van der Waals surface area contributed by atoms with E-state index < -0.39 is 0 Å². The molecule has 0 bridgehead atoms. The summed E-state index contributed by atoms with van der Waals surface area (Å²) in [4.78, 5) is 29.5. The standard InChI is InChI=1S/C13H24N4O2.2ClH/c14-10-12(18)17-8-6-15(7-9-17)11-13(19)16-4-2-1-3-5-16;;/h1-11,14H2;2*1H. The topological polar surface area (TPSA) is 69.9 Å². The SMILES string of the molecule is Cl.Cl.NCC(=O)N1CCN(CC(=O)N2CCCCC2)CC1. The number of halogens is 2. The van der Waals surface area contributed by atoms with Gasteiger partial charge in [-0.05, 0) is 19.3 Å². The number of amides is 2. The summed E-state index contributed by atoms with van der Waals surface area (Å²) in [6, 6.07) is 0. The smallest absolute Gasteiger partial charge is 0.236 e. The first-order chi connectivity index (χ1) is 9.20. The van der Waals surface area contributed by atoms with Gasteiger partial charge in [-0.15, -0.1) is 24.8 Å². The van der Waals surface area contributed by atoms with Gasteiger partial charge in [-0.3, -0.25) is 14.5 Å². The predicted molar refractivity (Wildman–Crippen MR) is 87.0 cm³/mol. The first-order valence-corrected chi connectivity index (χ1v) is 7.18. The zero-order valence-corrected chi connectivity index (χ0v) is 14.0. The average molecular weight is 341 g/mol. The third kappa shape index (κ3) is 5.98. The van der Waals surface area contributed by atoms with Crippen LogP contribution in [0.3, 0.4) is 0 Å². The highest BCUT2D eigenvalue weighted by atomic mass is 35.5. The number of rotatable bonds is 3. The Morgan fingerprint density at radius 3 is 1.81 bits per heavy atom. The fourth-order valence-electron chi connectivity index (χ4n) is 2.72. The maximum absolute atomic E-state index is 12.1. The van der Waals surface area contributed by atoms with Crippen LogP contribution in [-0.4, -0.2) is 78.9 Å². The van der Waals surface area contributed by atoms with Crippen molar-refractivity contribution in [2.24, 2.45) is 5.73 Å². The molecule has 2 aliphatic heterocycles. The average Bonchev–Trinajstić information content (AvgIpc) is 2.48. The monoisotopic (exact) mass is 340 g/mol. The number of piperazine rings is 1. The second-order valence-corrected chi connectivity index (χ2v) is 5.30. The van der Waals surface area contributed by atoms with E-state index in [2.05, 4.69) is 4.90 Å². The van der Waals surface area contributed by atoms with Crippen molar-refractivity contribution in [2.75, 3.05) is 52.4 Å². The molecule has 8 heteroatoms. The molecule has 2 amide bonds. The van der Waals surface area contributed by atoms with Gasteiger partial charge in [-0.1, -0.05) is 0 Å². The molecule has 2 saturated heterocycles. The summed E-state index contributed by atoms with van der Waals surface area (Å²) < 4.78 is 0. The summed E-state index contributed by atoms with van der Waals surface area (Å²) in [6.45, 7) is 5.29. The van der Waals surface area contributed by atoms with Crippen molar-refractivity contribution >= 4 is 36.6 Å². The van der Waals surface area contributed by atoms with Crippen LogP contribution in [0.15, 0.2) is 0 Å². The van der Waals surface area contributed by atoms with Crippen molar-refractivity contribution in [3.8, 4) is 0 Å². The molecule has 6 nitrogen and oxygen atoms in total. The maximum Gasteiger partial charge on any atom is 0.236 e. The van der Waals surface area contributed by atoms with Gasteiger partial charge in [0.05, 0.1) is 13.1 Å². The summed E-state index contributed by atoms with van der Waals surface area (Å²) in [7, 11) is 0. The summed E-state index contributed by atoms with van der Waals surface area (Å²) in [5.74, 6) is 0.236. The molecule has 0 unspecified atom stereocenters. The highest BCUT2D eigenvalue weighted by Crippen LogP contribution is 2.10. The number of piperidine rings is 1. The molecule has 0 aliphatic carbocycles. The lowest BCUT2D eigenvalue weighted by molar-refractivity contribution is -0.135. The summed E-state index contributed by atoms with van der Waals surface area (Å²) in [5.41, 5.74) is 5.35. The van der Waals surface area contributed by atoms with Gasteiger partial charge >= 0.3 is 0 Å². The lowest BCUT2D eigenvalue weighted by atomic mass is 10.1. The minimum Gasteiger partial charge on any atom is -0.342 e. The zero-order valence-electron chi connectivity index (χ0n) is 12.3. The minimum absolute atomic E-state index is 0. The highest BCUT2D eigenvalue weighted by Gasteiger charge is 2.24. The van der Waals surface area contributed by atoms with Gasteiger partial charge in [0.15, 0.2) is 0 Å². The van der Waals surface area contributed by atoms with Gasteiger partial charge in [-0.25, -0.2) is 0 Å². The van der Waals surface area contributed by atoms with Crippen molar-refractivity contribution in [3.05, 3.63) is 0 Å². The minimum atomic E-state index is 0. The largest absolute Gasteiger partial charge is 0.342 e. The highest BCUT2D eigenvalue weighted by molar-refractivity contribution is 5.85. The molecule has 0 atom stereocenters. The molecule has 0 aromatic rings. The first-order valence-electron chi connectivity index (χ1n) is 7.18. The number of carbonyl (C=O) groups is 2. The van der Waals surface area contributed by atoms with Crippen LogP contribution in [-0.2, 0) is 9.59 Å². The van der Waals surface area contributed by atoms with Crippen molar-refractivity contribution in [2.45, 2.75) is 19.3 Å². The fourth-order valence-corrected chi connectivity index (χ4v) is 2.72. The van der Waals surface area contributed by atoms with Crippen LogP contribution in [0, 0.1) is 0 Å². The van der Waals surface area contributed by atoms with Crippen molar-refractivity contribution in [1.29, 1.82) is 0 Å². The van der Waals surface area contributed by atoms with Gasteiger partial charge < -0.3 is 15.5 Å². The lowest BCUT2D eigenvalue weighted by Gasteiger charge is -2.35. The van der Waals surface area contributed by atoms with Crippen molar-refractivity contribution in [3.63, 3.8) is 0 Å². The van der Waals surface area contributed by atoms with Gasteiger partial charge in [0.1, 0.15) is 0 Å². The van der Waals surface area contributed by atoms with E-state index in [1.165, 1.54) is 6.42 Å². The van der Waals surface area contributed by atoms with E-state index in [1.807, 2.05) is 4.90 Å². The molecule has 2 heterocycles. The van der Waals surface area contributed by atoms with Crippen LogP contribution >= 0.6 is 24.8 Å². The predicted octanol–water partition coefficient (Wildman–Crippen LogP) is -0.0546. The third-order valence-electron chi connectivity index (χ3n) is 3.97. The van der Waals surface area contributed by atoms with Crippen LogP contribution in [0.25, 0.3) is 0 Å². The molecule has 2 N–H and O–H groups in total. The number of likely N-dealkylation sites (tertiary alicyclic amines) is 1. The van der Waals surface area contributed by atoms with Crippen molar-refractivity contribution < 1.29 is 9.59 Å². The molecule has 2 aliphatic rings. The molecule has 2 fully saturated rings. The van der Waals surface area contributed by atoms with Crippen LogP contribution in [0.1, 0.15) is 19.3 Å². The Morgan fingerprint density at radius 1 is 0.762 bits per heavy atom. The van der Waals surface area contributed by atoms with Crippen molar-refractivity contribution in [1.82, 2.24) is 14.7 Å². The molecule has 2 rings (SSSR count). The van der Waals surface area contributed by atoms with Gasteiger partial charge in [0.2, 0.25) is 11.8 Å².